The summed E-state index contributed by atoms with van der Waals surface area (Å²) in [4.78, 5) is 3.56. The van der Waals surface area contributed by atoms with Crippen LogP contribution in [0.1, 0.15) is 32.8 Å². The highest BCUT2D eigenvalue weighted by atomic mass is 16.5. The summed E-state index contributed by atoms with van der Waals surface area (Å²) in [5.41, 5.74) is 4.84. The molecule has 0 amide bonds. The van der Waals surface area contributed by atoms with Crippen molar-refractivity contribution in [1.82, 2.24) is 4.98 Å². The molecule has 0 bridgehead atoms. The van der Waals surface area contributed by atoms with Gasteiger partial charge in [0, 0.05) is 22.2 Å². The average molecular weight is 325 g/mol. The molecule has 0 unspecified atom stereocenters. The van der Waals surface area contributed by atoms with E-state index in [4.69, 9.17) is 9.47 Å². The number of aromatic nitrogens is 1. The van der Waals surface area contributed by atoms with E-state index in [1.54, 1.807) is 14.2 Å². The minimum absolute atomic E-state index is 0.749. The van der Waals surface area contributed by atoms with Crippen molar-refractivity contribution >= 4 is 10.9 Å². The first-order valence-electron chi connectivity index (χ1n) is 8.60. The van der Waals surface area contributed by atoms with Crippen LogP contribution in [0.15, 0.2) is 42.5 Å². The second-order valence-electron chi connectivity index (χ2n) is 5.34. The molecule has 2 aromatic carbocycles. The van der Waals surface area contributed by atoms with Gasteiger partial charge in [0.25, 0.3) is 0 Å². The molecule has 0 aliphatic heterocycles. The van der Waals surface area contributed by atoms with Crippen molar-refractivity contribution in [2.45, 2.75) is 33.6 Å². The lowest BCUT2D eigenvalue weighted by Crippen LogP contribution is -1.92. The molecule has 24 heavy (non-hydrogen) atoms. The molecule has 0 aliphatic carbocycles. The number of nitrogens with one attached hydrogen (secondary N) is 1. The van der Waals surface area contributed by atoms with Crippen LogP contribution in [0, 0.1) is 0 Å². The first-order valence-corrected chi connectivity index (χ1v) is 8.60. The zero-order valence-electron chi connectivity index (χ0n) is 15.3. The summed E-state index contributed by atoms with van der Waals surface area (Å²) in [7, 11) is 3.32. The lowest BCUT2D eigenvalue weighted by atomic mass is 10.0. The molecule has 0 radical (unpaired) electrons. The molecule has 0 aliphatic rings. The Kier molecular flexibility index (Phi) is 6.30. The fraction of sp³-hybridized carbons (Fsp3) is 0.333. The topological polar surface area (TPSA) is 34.2 Å². The zero-order chi connectivity index (χ0) is 17.5. The molecule has 3 rings (SSSR count). The van der Waals surface area contributed by atoms with Gasteiger partial charge in [-0.1, -0.05) is 45.4 Å². The number of ether oxygens (including phenoxy) is 2. The molecule has 0 saturated heterocycles. The molecular weight excluding hydrogens is 298 g/mol. The molecule has 3 nitrogen and oxygen atoms in total. The quantitative estimate of drug-likeness (QED) is 0.640. The molecule has 1 N–H and O–H groups in total. The number of hydrogen-bond acceptors (Lipinski definition) is 2. The van der Waals surface area contributed by atoms with Crippen LogP contribution in [0.4, 0.5) is 0 Å². The number of rotatable bonds is 5. The van der Waals surface area contributed by atoms with Gasteiger partial charge in [-0.3, -0.25) is 0 Å². The largest absolute Gasteiger partial charge is 0.493 e. The summed E-state index contributed by atoms with van der Waals surface area (Å²) in [6.45, 7) is 6.21. The Balaban J connectivity index is 0.00000100. The van der Waals surface area contributed by atoms with E-state index in [0.29, 0.717) is 0 Å². The number of hydrogen-bond donors (Lipinski definition) is 1. The van der Waals surface area contributed by atoms with Gasteiger partial charge in [-0.05, 0) is 36.2 Å². The van der Waals surface area contributed by atoms with Gasteiger partial charge in [-0.2, -0.15) is 0 Å². The fourth-order valence-electron chi connectivity index (χ4n) is 2.95. The molecule has 0 spiro atoms. The Morgan fingerprint density at radius 2 is 1.62 bits per heavy atom. The number of fused-ring (bicyclic) bond motifs is 1. The van der Waals surface area contributed by atoms with Crippen molar-refractivity contribution in [1.29, 1.82) is 0 Å². The Bertz CT molecular complexity index is 790. The van der Waals surface area contributed by atoms with E-state index < -0.39 is 0 Å². The summed E-state index contributed by atoms with van der Waals surface area (Å²) >= 11 is 0. The molecule has 128 valence electrons. The van der Waals surface area contributed by atoms with Gasteiger partial charge < -0.3 is 14.5 Å². The van der Waals surface area contributed by atoms with E-state index in [1.165, 1.54) is 22.2 Å². The Morgan fingerprint density at radius 1 is 0.917 bits per heavy atom. The molecule has 0 atom stereocenters. The summed E-state index contributed by atoms with van der Waals surface area (Å²) in [6, 6.07) is 14.5. The van der Waals surface area contributed by atoms with Crippen LogP contribution in [0.25, 0.3) is 22.2 Å². The second-order valence-corrected chi connectivity index (χ2v) is 5.34. The molecule has 0 fully saturated rings. The van der Waals surface area contributed by atoms with Gasteiger partial charge in [-0.15, -0.1) is 0 Å². The van der Waals surface area contributed by atoms with Crippen molar-refractivity contribution in [3.8, 4) is 22.8 Å². The van der Waals surface area contributed by atoms with Crippen molar-refractivity contribution in [3.63, 3.8) is 0 Å². The van der Waals surface area contributed by atoms with Crippen LogP contribution in [0.2, 0.25) is 0 Å². The van der Waals surface area contributed by atoms with Gasteiger partial charge in [0.15, 0.2) is 11.5 Å². The third kappa shape index (κ3) is 3.40. The first-order chi connectivity index (χ1) is 11.8. The number of benzene rings is 2. The van der Waals surface area contributed by atoms with Crippen LogP contribution in [-0.2, 0) is 6.42 Å². The van der Waals surface area contributed by atoms with E-state index in [-0.39, 0.29) is 0 Å². The third-order valence-corrected chi connectivity index (χ3v) is 3.99. The maximum atomic E-state index is 5.43. The van der Waals surface area contributed by atoms with Gasteiger partial charge in [0.1, 0.15) is 0 Å². The highest BCUT2D eigenvalue weighted by Gasteiger charge is 2.14. The van der Waals surface area contributed by atoms with E-state index in [1.807, 2.05) is 26.0 Å². The van der Waals surface area contributed by atoms with Crippen LogP contribution in [-0.4, -0.2) is 19.2 Å². The van der Waals surface area contributed by atoms with Gasteiger partial charge in [-0.25, -0.2) is 0 Å². The number of aryl methyl sites for hydroxylation is 1. The van der Waals surface area contributed by atoms with Crippen molar-refractivity contribution < 1.29 is 9.47 Å². The monoisotopic (exact) mass is 325 g/mol. The van der Waals surface area contributed by atoms with Crippen LogP contribution >= 0.6 is 0 Å². The Morgan fingerprint density at radius 3 is 2.29 bits per heavy atom. The molecule has 0 saturated carbocycles. The van der Waals surface area contributed by atoms with Crippen LogP contribution in [0.5, 0.6) is 11.5 Å². The summed E-state index contributed by atoms with van der Waals surface area (Å²) in [6.07, 6.45) is 2.16. The summed E-state index contributed by atoms with van der Waals surface area (Å²) in [5, 5.41) is 1.30. The molecule has 1 heterocycles. The number of para-hydroxylation sites is 1. The number of aromatic amines is 1. The van der Waals surface area contributed by atoms with Crippen molar-refractivity contribution in [2.24, 2.45) is 0 Å². The highest BCUT2D eigenvalue weighted by Crippen LogP contribution is 2.36. The Labute approximate surface area is 144 Å². The van der Waals surface area contributed by atoms with E-state index in [2.05, 4.69) is 42.2 Å². The first kappa shape index (κ1) is 17.9. The average Bonchev–Trinajstić information content (AvgIpc) is 3.02. The maximum absolute atomic E-state index is 5.43. The molecule has 3 heteroatoms. The van der Waals surface area contributed by atoms with E-state index in [0.717, 1.165) is 29.9 Å². The minimum Gasteiger partial charge on any atom is -0.493 e. The minimum atomic E-state index is 0.749. The van der Waals surface area contributed by atoms with E-state index in [9.17, 15) is 0 Å². The SMILES string of the molecule is CC.CCCc1c(-c2ccc(OC)c(OC)c2)[nH]c2ccccc12. The van der Waals surface area contributed by atoms with Crippen LogP contribution in [0.3, 0.4) is 0 Å². The lowest BCUT2D eigenvalue weighted by Gasteiger charge is -2.10. The standard InChI is InChI=1S/C19H21NO2.C2H6/c1-4-7-15-14-8-5-6-9-16(14)20-19(15)13-10-11-17(21-2)18(12-13)22-3;1-2/h5-6,8-12,20H,4,7H2,1-3H3;1-2H3. The number of methoxy groups -OCH3 is 2. The summed E-state index contributed by atoms with van der Waals surface area (Å²) in [5.74, 6) is 1.50. The molecule has 1 aromatic heterocycles. The smallest absolute Gasteiger partial charge is 0.161 e. The number of H-pyrrole nitrogens is 1. The Hall–Kier alpha value is -2.42. The van der Waals surface area contributed by atoms with Gasteiger partial charge >= 0.3 is 0 Å². The zero-order valence-corrected chi connectivity index (χ0v) is 15.3. The molecular formula is C21H27NO2. The fourth-order valence-corrected chi connectivity index (χ4v) is 2.95. The van der Waals surface area contributed by atoms with Crippen molar-refractivity contribution in [3.05, 3.63) is 48.0 Å². The van der Waals surface area contributed by atoms with Crippen LogP contribution < -0.4 is 9.47 Å². The lowest BCUT2D eigenvalue weighted by molar-refractivity contribution is 0.355. The van der Waals surface area contributed by atoms with Gasteiger partial charge in [0.2, 0.25) is 0 Å². The highest BCUT2D eigenvalue weighted by molar-refractivity contribution is 5.91. The predicted molar refractivity (Wildman–Crippen MR) is 102 cm³/mol. The normalized spacial score (nSPS) is 10.2. The third-order valence-electron chi connectivity index (χ3n) is 3.99. The maximum Gasteiger partial charge on any atom is 0.161 e. The summed E-state index contributed by atoms with van der Waals surface area (Å²) < 4.78 is 10.8. The van der Waals surface area contributed by atoms with Crippen molar-refractivity contribution in [2.75, 3.05) is 14.2 Å². The van der Waals surface area contributed by atoms with E-state index >= 15 is 0 Å². The second kappa shape index (κ2) is 8.44. The van der Waals surface area contributed by atoms with Gasteiger partial charge in [0.05, 0.1) is 14.2 Å². The predicted octanol–water partition coefficient (Wildman–Crippen LogP) is 5.83. The molecule has 3 aromatic rings.